The zero-order chi connectivity index (χ0) is 12.6. The van der Waals surface area contributed by atoms with Gasteiger partial charge < -0.3 is 16.0 Å². The predicted octanol–water partition coefficient (Wildman–Crippen LogP) is 0.570. The highest BCUT2D eigenvalue weighted by atomic mass is 16.2. The van der Waals surface area contributed by atoms with Crippen molar-refractivity contribution in [1.82, 2.24) is 10.2 Å². The third kappa shape index (κ3) is 2.95. The van der Waals surface area contributed by atoms with E-state index in [2.05, 4.69) is 24.1 Å². The van der Waals surface area contributed by atoms with Crippen LogP contribution < -0.4 is 11.1 Å². The number of hydrogen-bond donors (Lipinski definition) is 2. The van der Waals surface area contributed by atoms with Gasteiger partial charge in [0, 0.05) is 12.1 Å². The summed E-state index contributed by atoms with van der Waals surface area (Å²) in [5.74, 6) is 0.347. The summed E-state index contributed by atoms with van der Waals surface area (Å²) in [4.78, 5) is 14.1. The van der Waals surface area contributed by atoms with Crippen LogP contribution in [0.4, 0.5) is 0 Å². The van der Waals surface area contributed by atoms with E-state index < -0.39 is 5.54 Å². The van der Waals surface area contributed by atoms with Gasteiger partial charge in [0.1, 0.15) is 0 Å². The molecule has 0 aromatic rings. The Labute approximate surface area is 98.6 Å². The van der Waals surface area contributed by atoms with Crippen LogP contribution >= 0.6 is 0 Å². The fourth-order valence-corrected chi connectivity index (χ4v) is 1.51. The van der Waals surface area contributed by atoms with Crippen molar-refractivity contribution in [2.75, 3.05) is 20.6 Å². The Bertz CT molecular complexity index is 267. The molecule has 1 amide bonds. The Kier molecular flexibility index (Phi) is 3.65. The summed E-state index contributed by atoms with van der Waals surface area (Å²) < 4.78 is 0. The quantitative estimate of drug-likeness (QED) is 0.722. The number of likely N-dealkylation sites (N-methyl/N-ethyl adjacent to an activating group) is 1. The average molecular weight is 227 g/mol. The third-order valence-electron chi connectivity index (χ3n) is 3.81. The molecule has 1 saturated carbocycles. The SMILES string of the molecule is CN(C)C(C)(C)CNC(=O)C(C)(N)C1CC1. The van der Waals surface area contributed by atoms with E-state index in [4.69, 9.17) is 5.73 Å². The summed E-state index contributed by atoms with van der Waals surface area (Å²) in [6.45, 7) is 6.65. The van der Waals surface area contributed by atoms with Gasteiger partial charge in [0.25, 0.3) is 0 Å². The van der Waals surface area contributed by atoms with E-state index >= 15 is 0 Å². The number of carbonyl (C=O) groups is 1. The van der Waals surface area contributed by atoms with Crippen molar-refractivity contribution in [2.45, 2.75) is 44.7 Å². The zero-order valence-electron chi connectivity index (χ0n) is 11.1. The standard InChI is InChI=1S/C12H25N3O/c1-11(2,15(4)5)8-14-10(16)12(3,13)9-6-7-9/h9H,6-8,13H2,1-5H3,(H,14,16). The summed E-state index contributed by atoms with van der Waals surface area (Å²) in [5, 5.41) is 2.96. The van der Waals surface area contributed by atoms with Crippen molar-refractivity contribution < 1.29 is 4.79 Å². The van der Waals surface area contributed by atoms with E-state index in [9.17, 15) is 4.79 Å². The third-order valence-corrected chi connectivity index (χ3v) is 3.81. The minimum absolute atomic E-state index is 0.0232. The second kappa shape index (κ2) is 4.34. The lowest BCUT2D eigenvalue weighted by atomic mass is 9.95. The molecule has 1 aliphatic carbocycles. The van der Waals surface area contributed by atoms with Crippen LogP contribution in [0, 0.1) is 5.92 Å². The van der Waals surface area contributed by atoms with E-state index in [0.717, 1.165) is 12.8 Å². The van der Waals surface area contributed by atoms with Gasteiger partial charge in [-0.2, -0.15) is 0 Å². The lowest BCUT2D eigenvalue weighted by Crippen LogP contribution is -2.57. The molecule has 3 N–H and O–H groups in total. The van der Waals surface area contributed by atoms with E-state index in [0.29, 0.717) is 12.5 Å². The lowest BCUT2D eigenvalue weighted by molar-refractivity contribution is -0.127. The number of carbonyl (C=O) groups excluding carboxylic acids is 1. The molecule has 0 bridgehead atoms. The van der Waals surface area contributed by atoms with Crippen LogP contribution in [0.2, 0.25) is 0 Å². The summed E-state index contributed by atoms with van der Waals surface area (Å²) in [5.41, 5.74) is 5.31. The summed E-state index contributed by atoms with van der Waals surface area (Å²) >= 11 is 0. The number of hydrogen-bond acceptors (Lipinski definition) is 3. The van der Waals surface area contributed by atoms with Crippen LogP contribution in [0.1, 0.15) is 33.6 Å². The molecule has 0 aromatic heterocycles. The van der Waals surface area contributed by atoms with Crippen LogP contribution in [0.25, 0.3) is 0 Å². The van der Waals surface area contributed by atoms with Crippen molar-refractivity contribution in [3.8, 4) is 0 Å². The highest BCUT2D eigenvalue weighted by molar-refractivity contribution is 5.86. The Morgan fingerprint density at radius 3 is 2.25 bits per heavy atom. The number of nitrogens with one attached hydrogen (secondary N) is 1. The largest absolute Gasteiger partial charge is 0.353 e. The number of nitrogens with two attached hydrogens (primary N) is 1. The highest BCUT2D eigenvalue weighted by Gasteiger charge is 2.44. The minimum atomic E-state index is -0.692. The van der Waals surface area contributed by atoms with E-state index in [1.165, 1.54) is 0 Å². The van der Waals surface area contributed by atoms with Crippen LogP contribution in [0.5, 0.6) is 0 Å². The first-order valence-electron chi connectivity index (χ1n) is 5.92. The van der Waals surface area contributed by atoms with Gasteiger partial charge in [-0.05, 0) is 53.6 Å². The summed E-state index contributed by atoms with van der Waals surface area (Å²) in [6.07, 6.45) is 2.16. The Hall–Kier alpha value is -0.610. The Morgan fingerprint density at radius 2 is 1.88 bits per heavy atom. The lowest BCUT2D eigenvalue weighted by Gasteiger charge is -2.34. The molecule has 1 atom stereocenters. The van der Waals surface area contributed by atoms with Gasteiger partial charge >= 0.3 is 0 Å². The second-order valence-electron chi connectivity index (χ2n) is 5.95. The highest BCUT2D eigenvalue weighted by Crippen LogP contribution is 2.38. The van der Waals surface area contributed by atoms with Crippen LogP contribution in [0.3, 0.4) is 0 Å². The molecule has 1 unspecified atom stereocenters. The summed E-state index contributed by atoms with van der Waals surface area (Å²) in [7, 11) is 4.02. The Balaban J connectivity index is 2.46. The fraction of sp³-hybridized carbons (Fsp3) is 0.917. The second-order valence-corrected chi connectivity index (χ2v) is 5.95. The molecule has 1 aliphatic rings. The molecular formula is C12H25N3O. The van der Waals surface area contributed by atoms with Crippen LogP contribution in [0.15, 0.2) is 0 Å². The predicted molar refractivity (Wildman–Crippen MR) is 66.1 cm³/mol. The van der Waals surface area contributed by atoms with Crippen molar-refractivity contribution in [3.63, 3.8) is 0 Å². The normalized spacial score (nSPS) is 20.7. The van der Waals surface area contributed by atoms with E-state index in [1.807, 2.05) is 21.0 Å². The molecule has 1 rings (SSSR count). The molecule has 94 valence electrons. The van der Waals surface area contributed by atoms with E-state index in [1.54, 1.807) is 0 Å². The smallest absolute Gasteiger partial charge is 0.240 e. The first kappa shape index (κ1) is 13.5. The van der Waals surface area contributed by atoms with Gasteiger partial charge in [-0.15, -0.1) is 0 Å². The maximum absolute atomic E-state index is 12.0. The van der Waals surface area contributed by atoms with Gasteiger partial charge in [-0.3, -0.25) is 4.79 Å². The molecule has 0 aliphatic heterocycles. The number of rotatable bonds is 5. The van der Waals surface area contributed by atoms with Crippen molar-refractivity contribution >= 4 is 5.91 Å². The maximum Gasteiger partial charge on any atom is 0.240 e. The average Bonchev–Trinajstić information content (AvgIpc) is 2.96. The molecule has 0 heterocycles. The van der Waals surface area contributed by atoms with Gasteiger partial charge in [-0.25, -0.2) is 0 Å². The minimum Gasteiger partial charge on any atom is -0.353 e. The Morgan fingerprint density at radius 1 is 1.38 bits per heavy atom. The van der Waals surface area contributed by atoms with Crippen molar-refractivity contribution in [1.29, 1.82) is 0 Å². The van der Waals surface area contributed by atoms with Gasteiger partial charge in [0.2, 0.25) is 5.91 Å². The van der Waals surface area contributed by atoms with Gasteiger partial charge in [0.15, 0.2) is 0 Å². The molecule has 0 aromatic carbocycles. The van der Waals surface area contributed by atoms with Gasteiger partial charge in [-0.1, -0.05) is 0 Å². The maximum atomic E-state index is 12.0. The molecule has 4 nitrogen and oxygen atoms in total. The fourth-order valence-electron chi connectivity index (χ4n) is 1.51. The van der Waals surface area contributed by atoms with E-state index in [-0.39, 0.29) is 11.4 Å². The molecular weight excluding hydrogens is 202 g/mol. The first-order chi connectivity index (χ1) is 7.18. The first-order valence-corrected chi connectivity index (χ1v) is 5.92. The summed E-state index contributed by atoms with van der Waals surface area (Å²) in [6, 6.07) is 0. The van der Waals surface area contributed by atoms with Crippen molar-refractivity contribution in [2.24, 2.45) is 11.7 Å². The zero-order valence-corrected chi connectivity index (χ0v) is 11.1. The number of nitrogens with zero attached hydrogens (tertiary/aromatic N) is 1. The van der Waals surface area contributed by atoms with Crippen molar-refractivity contribution in [3.05, 3.63) is 0 Å². The molecule has 1 fully saturated rings. The van der Waals surface area contributed by atoms with Crippen LogP contribution in [-0.2, 0) is 4.79 Å². The topological polar surface area (TPSA) is 58.4 Å². The molecule has 0 saturated heterocycles. The molecule has 0 spiro atoms. The molecule has 4 heteroatoms. The van der Waals surface area contributed by atoms with Crippen LogP contribution in [-0.4, -0.2) is 42.5 Å². The van der Waals surface area contributed by atoms with Gasteiger partial charge in [0.05, 0.1) is 5.54 Å². The number of amides is 1. The monoisotopic (exact) mass is 227 g/mol. The molecule has 16 heavy (non-hydrogen) atoms. The molecule has 0 radical (unpaired) electrons.